The lowest BCUT2D eigenvalue weighted by Gasteiger charge is -2.32. The van der Waals surface area contributed by atoms with E-state index in [1.807, 2.05) is 0 Å². The molecule has 18 heavy (non-hydrogen) atoms. The van der Waals surface area contributed by atoms with Gasteiger partial charge in [0.05, 0.1) is 6.04 Å². The standard InChI is InChI=1S/C10H20N4O3S/c11-10(12-15)9-5-4-8-14(9)18(16,17)13-6-2-1-3-7-13/h9,15H,1-8H2,(H2,11,12). The minimum absolute atomic E-state index is 0.0203. The molecule has 2 aliphatic rings. The fraction of sp³-hybridized carbons (Fsp3) is 0.900. The Morgan fingerprint density at radius 3 is 2.44 bits per heavy atom. The number of nitrogens with zero attached hydrogens (tertiary/aromatic N) is 3. The van der Waals surface area contributed by atoms with Gasteiger partial charge in [-0.1, -0.05) is 11.6 Å². The smallest absolute Gasteiger partial charge is 0.282 e. The third-order valence-corrected chi connectivity index (χ3v) is 5.65. The van der Waals surface area contributed by atoms with E-state index in [0.29, 0.717) is 26.1 Å². The Kier molecular flexibility index (Phi) is 4.08. The summed E-state index contributed by atoms with van der Waals surface area (Å²) < 4.78 is 27.8. The van der Waals surface area contributed by atoms with Gasteiger partial charge >= 0.3 is 0 Å². The van der Waals surface area contributed by atoms with E-state index in [4.69, 9.17) is 10.9 Å². The molecule has 2 heterocycles. The maximum absolute atomic E-state index is 12.5. The summed E-state index contributed by atoms with van der Waals surface area (Å²) in [7, 11) is -3.47. The van der Waals surface area contributed by atoms with Crippen LogP contribution in [0, 0.1) is 0 Å². The van der Waals surface area contributed by atoms with Gasteiger partial charge in [-0.2, -0.15) is 17.0 Å². The first-order valence-corrected chi connectivity index (χ1v) is 7.71. The summed E-state index contributed by atoms with van der Waals surface area (Å²) in [5, 5.41) is 11.7. The first-order valence-electron chi connectivity index (χ1n) is 6.31. The Morgan fingerprint density at radius 1 is 1.17 bits per heavy atom. The normalized spacial score (nSPS) is 28.7. The summed E-state index contributed by atoms with van der Waals surface area (Å²) in [5.41, 5.74) is 5.57. The lowest BCUT2D eigenvalue weighted by molar-refractivity contribution is 0.298. The van der Waals surface area contributed by atoms with Crippen molar-refractivity contribution in [1.82, 2.24) is 8.61 Å². The summed E-state index contributed by atoms with van der Waals surface area (Å²) in [6.45, 7) is 1.59. The number of amidine groups is 1. The average molecular weight is 276 g/mol. The quantitative estimate of drug-likeness (QED) is 0.326. The van der Waals surface area contributed by atoms with Crippen molar-refractivity contribution in [2.75, 3.05) is 19.6 Å². The zero-order valence-electron chi connectivity index (χ0n) is 10.3. The van der Waals surface area contributed by atoms with E-state index >= 15 is 0 Å². The zero-order chi connectivity index (χ0) is 13.2. The molecular weight excluding hydrogens is 256 g/mol. The molecule has 0 aromatic carbocycles. The van der Waals surface area contributed by atoms with E-state index in [1.165, 1.54) is 8.61 Å². The van der Waals surface area contributed by atoms with Gasteiger partial charge in [-0.3, -0.25) is 0 Å². The predicted octanol–water partition coefficient (Wildman–Crippen LogP) is -0.0721. The third-order valence-electron chi connectivity index (χ3n) is 3.60. The third kappa shape index (κ3) is 2.45. The number of hydrogen-bond acceptors (Lipinski definition) is 4. The van der Waals surface area contributed by atoms with Crippen LogP contribution in [0.3, 0.4) is 0 Å². The van der Waals surface area contributed by atoms with E-state index in [1.54, 1.807) is 0 Å². The molecular formula is C10H20N4O3S. The molecule has 3 N–H and O–H groups in total. The topological polar surface area (TPSA) is 99.2 Å². The van der Waals surface area contributed by atoms with E-state index in [2.05, 4.69) is 5.16 Å². The minimum atomic E-state index is -3.47. The maximum Gasteiger partial charge on any atom is 0.282 e. The van der Waals surface area contributed by atoms with Crippen molar-refractivity contribution in [3.05, 3.63) is 0 Å². The second-order valence-electron chi connectivity index (χ2n) is 4.76. The number of rotatable bonds is 3. The Hall–Kier alpha value is -0.860. The van der Waals surface area contributed by atoms with Crippen molar-refractivity contribution in [3.63, 3.8) is 0 Å². The number of piperidine rings is 1. The summed E-state index contributed by atoms with van der Waals surface area (Å²) in [4.78, 5) is 0. The maximum atomic E-state index is 12.5. The van der Waals surface area contributed by atoms with Crippen molar-refractivity contribution in [2.45, 2.75) is 38.1 Å². The first kappa shape index (κ1) is 13.6. The van der Waals surface area contributed by atoms with Crippen LogP contribution in [0.5, 0.6) is 0 Å². The van der Waals surface area contributed by atoms with Crippen LogP contribution < -0.4 is 5.73 Å². The van der Waals surface area contributed by atoms with Crippen LogP contribution in [0.1, 0.15) is 32.1 Å². The van der Waals surface area contributed by atoms with Crippen LogP contribution in [0.2, 0.25) is 0 Å². The van der Waals surface area contributed by atoms with E-state index < -0.39 is 16.3 Å². The van der Waals surface area contributed by atoms with Crippen molar-refractivity contribution in [2.24, 2.45) is 10.9 Å². The molecule has 8 heteroatoms. The fourth-order valence-electron chi connectivity index (χ4n) is 2.62. The van der Waals surface area contributed by atoms with Crippen LogP contribution in [0.25, 0.3) is 0 Å². The Bertz CT molecular complexity index is 417. The van der Waals surface area contributed by atoms with Crippen LogP contribution >= 0.6 is 0 Å². The van der Waals surface area contributed by atoms with Gasteiger partial charge < -0.3 is 10.9 Å². The highest BCUT2D eigenvalue weighted by Crippen LogP contribution is 2.25. The first-order chi connectivity index (χ1) is 8.57. The van der Waals surface area contributed by atoms with Gasteiger partial charge in [-0.05, 0) is 25.7 Å². The Balaban J connectivity index is 2.18. The lowest BCUT2D eigenvalue weighted by Crippen LogP contribution is -2.51. The second-order valence-corrected chi connectivity index (χ2v) is 6.64. The number of oxime groups is 1. The van der Waals surface area contributed by atoms with Crippen molar-refractivity contribution in [1.29, 1.82) is 0 Å². The highest BCUT2D eigenvalue weighted by molar-refractivity contribution is 7.86. The van der Waals surface area contributed by atoms with E-state index in [9.17, 15) is 8.42 Å². The Morgan fingerprint density at radius 2 is 1.83 bits per heavy atom. The number of hydrogen-bond donors (Lipinski definition) is 2. The fourth-order valence-corrected chi connectivity index (χ4v) is 4.53. The van der Waals surface area contributed by atoms with Gasteiger partial charge in [0, 0.05) is 19.6 Å². The number of nitrogens with two attached hydrogens (primary N) is 1. The summed E-state index contributed by atoms with van der Waals surface area (Å²) in [6.07, 6.45) is 4.25. The molecule has 0 saturated carbocycles. The van der Waals surface area contributed by atoms with Gasteiger partial charge in [-0.15, -0.1) is 0 Å². The Labute approximate surface area is 107 Å². The summed E-state index contributed by atoms with van der Waals surface area (Å²) >= 11 is 0. The molecule has 0 bridgehead atoms. The molecule has 1 atom stereocenters. The van der Waals surface area contributed by atoms with Crippen molar-refractivity contribution >= 4 is 16.0 Å². The van der Waals surface area contributed by atoms with Gasteiger partial charge in [0.15, 0.2) is 5.84 Å². The highest BCUT2D eigenvalue weighted by atomic mass is 32.2. The molecule has 2 rings (SSSR count). The van der Waals surface area contributed by atoms with Gasteiger partial charge in [0.1, 0.15) is 0 Å². The summed E-state index contributed by atoms with van der Waals surface area (Å²) in [6, 6.07) is -0.498. The van der Waals surface area contributed by atoms with Gasteiger partial charge in [0.2, 0.25) is 0 Å². The predicted molar refractivity (Wildman–Crippen MR) is 67.5 cm³/mol. The monoisotopic (exact) mass is 276 g/mol. The molecule has 104 valence electrons. The molecule has 0 aliphatic carbocycles. The highest BCUT2D eigenvalue weighted by Gasteiger charge is 2.40. The molecule has 7 nitrogen and oxygen atoms in total. The van der Waals surface area contributed by atoms with Gasteiger partial charge in [-0.25, -0.2) is 0 Å². The zero-order valence-corrected chi connectivity index (χ0v) is 11.1. The summed E-state index contributed by atoms with van der Waals surface area (Å²) in [5.74, 6) is -0.0203. The molecule has 0 radical (unpaired) electrons. The average Bonchev–Trinajstić information content (AvgIpc) is 2.89. The van der Waals surface area contributed by atoms with Crippen LogP contribution in [-0.2, 0) is 10.2 Å². The van der Waals surface area contributed by atoms with Crippen molar-refractivity contribution < 1.29 is 13.6 Å². The SMILES string of the molecule is NC(=NO)C1CCCN1S(=O)(=O)N1CCCCC1. The molecule has 0 amide bonds. The van der Waals surface area contributed by atoms with E-state index in [-0.39, 0.29) is 5.84 Å². The molecule has 0 aromatic heterocycles. The molecule has 0 spiro atoms. The lowest BCUT2D eigenvalue weighted by atomic mass is 10.2. The van der Waals surface area contributed by atoms with Crippen molar-refractivity contribution in [3.8, 4) is 0 Å². The van der Waals surface area contributed by atoms with E-state index in [0.717, 1.165) is 25.7 Å². The molecule has 2 saturated heterocycles. The molecule has 2 fully saturated rings. The minimum Gasteiger partial charge on any atom is -0.409 e. The molecule has 2 aliphatic heterocycles. The van der Waals surface area contributed by atoms with Crippen LogP contribution in [0.15, 0.2) is 5.16 Å². The largest absolute Gasteiger partial charge is 0.409 e. The molecule has 1 unspecified atom stereocenters. The van der Waals surface area contributed by atoms with Gasteiger partial charge in [0.25, 0.3) is 10.2 Å². The second kappa shape index (κ2) is 5.41. The van der Waals surface area contributed by atoms with Crippen LogP contribution in [-0.4, -0.2) is 53.7 Å². The molecule has 0 aromatic rings. The van der Waals surface area contributed by atoms with Crippen LogP contribution in [0.4, 0.5) is 0 Å².